The van der Waals surface area contributed by atoms with Gasteiger partial charge in [0.25, 0.3) is 0 Å². The van der Waals surface area contributed by atoms with E-state index in [0.717, 1.165) is 5.56 Å². The molecule has 0 bridgehead atoms. The average molecular weight is 328 g/mol. The molecule has 1 heterocycles. The third-order valence-corrected chi connectivity index (χ3v) is 3.34. The summed E-state index contributed by atoms with van der Waals surface area (Å²) in [5.41, 5.74) is 1.28. The zero-order valence-corrected chi connectivity index (χ0v) is 12.5. The van der Waals surface area contributed by atoms with Gasteiger partial charge in [-0.05, 0) is 36.2 Å². The summed E-state index contributed by atoms with van der Waals surface area (Å²) in [6.45, 7) is -0.0261. The fraction of sp³-hybridized carbons (Fsp3) is 0.200. The number of carbonyl (C=O) groups is 1. The zero-order chi connectivity index (χ0) is 15.2. The van der Waals surface area contributed by atoms with Crippen LogP contribution in [0.1, 0.15) is 17.7 Å². The van der Waals surface area contributed by atoms with Crippen molar-refractivity contribution in [2.24, 2.45) is 0 Å². The van der Waals surface area contributed by atoms with Crippen LogP contribution in [0.5, 0.6) is 0 Å². The quantitative estimate of drug-likeness (QED) is 0.610. The first kappa shape index (κ1) is 15.7. The Balaban J connectivity index is 1.82. The van der Waals surface area contributed by atoms with Gasteiger partial charge in [-0.25, -0.2) is 9.37 Å². The smallest absolute Gasteiger partial charge is 0.306 e. The molecule has 6 heteroatoms. The SMILES string of the molecule is O=C(CCc1ccc(F)cc1)OCc1nc(Cl)ccc1Cl. The summed E-state index contributed by atoms with van der Waals surface area (Å²) in [5.74, 6) is -0.680. The van der Waals surface area contributed by atoms with Crippen molar-refractivity contribution in [2.45, 2.75) is 19.4 Å². The Morgan fingerprint density at radius 1 is 1.14 bits per heavy atom. The highest BCUT2D eigenvalue weighted by atomic mass is 35.5. The van der Waals surface area contributed by atoms with Crippen molar-refractivity contribution in [3.63, 3.8) is 0 Å². The number of halogens is 3. The second kappa shape index (κ2) is 7.38. The fourth-order valence-electron chi connectivity index (χ4n) is 1.68. The average Bonchev–Trinajstić information content (AvgIpc) is 2.47. The number of pyridine rings is 1. The first-order valence-corrected chi connectivity index (χ1v) is 7.01. The Labute approximate surface area is 131 Å². The van der Waals surface area contributed by atoms with Gasteiger partial charge in [0.1, 0.15) is 17.6 Å². The van der Waals surface area contributed by atoms with Crippen LogP contribution in [-0.2, 0) is 22.6 Å². The minimum absolute atomic E-state index is 0.0261. The standard InChI is InChI=1S/C15H12Cl2FNO2/c16-12-6-7-14(17)19-13(12)9-21-15(20)8-3-10-1-4-11(18)5-2-10/h1-2,4-7H,3,8-9H2. The first-order valence-electron chi connectivity index (χ1n) is 6.25. The van der Waals surface area contributed by atoms with E-state index in [2.05, 4.69) is 4.98 Å². The summed E-state index contributed by atoms with van der Waals surface area (Å²) in [4.78, 5) is 15.6. The monoisotopic (exact) mass is 327 g/mol. The van der Waals surface area contributed by atoms with Crippen LogP contribution in [0.25, 0.3) is 0 Å². The van der Waals surface area contributed by atoms with E-state index in [9.17, 15) is 9.18 Å². The van der Waals surface area contributed by atoms with E-state index in [1.807, 2.05) is 0 Å². The van der Waals surface area contributed by atoms with Crippen LogP contribution in [0.4, 0.5) is 4.39 Å². The minimum atomic E-state index is -0.378. The zero-order valence-electron chi connectivity index (χ0n) is 11.0. The lowest BCUT2D eigenvalue weighted by Gasteiger charge is -2.06. The molecule has 110 valence electrons. The molecule has 21 heavy (non-hydrogen) atoms. The maximum absolute atomic E-state index is 12.7. The Kier molecular flexibility index (Phi) is 5.53. The van der Waals surface area contributed by atoms with Crippen LogP contribution in [0.3, 0.4) is 0 Å². The van der Waals surface area contributed by atoms with Crippen molar-refractivity contribution in [1.29, 1.82) is 0 Å². The largest absolute Gasteiger partial charge is 0.459 e. The Morgan fingerprint density at radius 2 is 1.86 bits per heavy atom. The van der Waals surface area contributed by atoms with Crippen molar-refractivity contribution in [3.05, 3.63) is 63.6 Å². The molecule has 0 atom stereocenters. The van der Waals surface area contributed by atoms with Gasteiger partial charge in [-0.2, -0.15) is 0 Å². The molecule has 1 aromatic heterocycles. The number of aromatic nitrogens is 1. The third-order valence-electron chi connectivity index (χ3n) is 2.79. The fourth-order valence-corrected chi connectivity index (χ4v) is 2.00. The molecule has 0 unspecified atom stereocenters. The molecule has 0 fully saturated rings. The van der Waals surface area contributed by atoms with Gasteiger partial charge in [-0.1, -0.05) is 35.3 Å². The predicted octanol–water partition coefficient (Wildman–Crippen LogP) is 4.20. The number of ether oxygens (including phenoxy) is 1. The number of aryl methyl sites for hydroxylation is 1. The van der Waals surface area contributed by atoms with Crippen LogP contribution < -0.4 is 0 Å². The molecular weight excluding hydrogens is 316 g/mol. The van der Waals surface area contributed by atoms with Gasteiger partial charge in [0.05, 0.1) is 10.7 Å². The second-order valence-corrected chi connectivity index (χ2v) is 5.14. The number of hydrogen-bond donors (Lipinski definition) is 0. The molecule has 0 N–H and O–H groups in total. The summed E-state index contributed by atoms with van der Waals surface area (Å²) in [7, 11) is 0. The van der Waals surface area contributed by atoms with Crippen LogP contribution in [-0.4, -0.2) is 11.0 Å². The van der Waals surface area contributed by atoms with Gasteiger partial charge in [-0.15, -0.1) is 0 Å². The van der Waals surface area contributed by atoms with E-state index in [4.69, 9.17) is 27.9 Å². The highest BCUT2D eigenvalue weighted by molar-refractivity contribution is 6.32. The summed E-state index contributed by atoms with van der Waals surface area (Å²) in [6.07, 6.45) is 0.680. The number of rotatable bonds is 5. The van der Waals surface area contributed by atoms with Gasteiger partial charge >= 0.3 is 5.97 Å². The number of hydrogen-bond acceptors (Lipinski definition) is 3. The Bertz CT molecular complexity index is 632. The molecule has 0 spiro atoms. The summed E-state index contributed by atoms with van der Waals surface area (Å²) in [5, 5.41) is 0.683. The Hall–Kier alpha value is -1.65. The number of nitrogens with zero attached hydrogens (tertiary/aromatic N) is 1. The van der Waals surface area contributed by atoms with Crippen LogP contribution in [0, 0.1) is 5.82 Å². The number of carbonyl (C=O) groups excluding carboxylic acids is 1. The molecule has 0 saturated carbocycles. The van der Waals surface area contributed by atoms with Crippen molar-refractivity contribution in [3.8, 4) is 0 Å². The van der Waals surface area contributed by atoms with Gasteiger partial charge in [0.2, 0.25) is 0 Å². The Morgan fingerprint density at radius 3 is 2.57 bits per heavy atom. The number of esters is 1. The van der Waals surface area contributed by atoms with Gasteiger partial charge in [0, 0.05) is 6.42 Å². The lowest BCUT2D eigenvalue weighted by molar-refractivity contribution is -0.145. The van der Waals surface area contributed by atoms with E-state index < -0.39 is 0 Å². The molecule has 1 aromatic carbocycles. The first-order chi connectivity index (χ1) is 10.0. The second-order valence-electron chi connectivity index (χ2n) is 4.35. The highest BCUT2D eigenvalue weighted by Gasteiger charge is 2.08. The molecule has 2 rings (SSSR count). The molecular formula is C15H12Cl2FNO2. The van der Waals surface area contributed by atoms with Crippen molar-refractivity contribution >= 4 is 29.2 Å². The molecule has 0 aliphatic rings. The number of benzene rings is 1. The molecule has 0 aliphatic heterocycles. The maximum atomic E-state index is 12.7. The molecule has 2 aromatic rings. The minimum Gasteiger partial charge on any atom is -0.459 e. The van der Waals surface area contributed by atoms with E-state index in [-0.39, 0.29) is 30.0 Å². The van der Waals surface area contributed by atoms with Crippen molar-refractivity contribution in [1.82, 2.24) is 4.98 Å². The van der Waals surface area contributed by atoms with Crippen LogP contribution in [0.15, 0.2) is 36.4 Å². The van der Waals surface area contributed by atoms with E-state index >= 15 is 0 Å². The van der Waals surface area contributed by atoms with Gasteiger partial charge < -0.3 is 4.74 Å². The maximum Gasteiger partial charge on any atom is 0.306 e. The van der Waals surface area contributed by atoms with Gasteiger partial charge in [-0.3, -0.25) is 4.79 Å². The molecule has 0 radical (unpaired) electrons. The lowest BCUT2D eigenvalue weighted by Crippen LogP contribution is -2.07. The van der Waals surface area contributed by atoms with E-state index in [1.165, 1.54) is 12.1 Å². The van der Waals surface area contributed by atoms with E-state index in [1.54, 1.807) is 24.3 Å². The van der Waals surface area contributed by atoms with Crippen molar-refractivity contribution in [2.75, 3.05) is 0 Å². The topological polar surface area (TPSA) is 39.2 Å². The van der Waals surface area contributed by atoms with Crippen molar-refractivity contribution < 1.29 is 13.9 Å². The molecule has 0 amide bonds. The predicted molar refractivity (Wildman–Crippen MR) is 78.8 cm³/mol. The lowest BCUT2D eigenvalue weighted by atomic mass is 10.1. The normalized spacial score (nSPS) is 10.4. The summed E-state index contributed by atoms with van der Waals surface area (Å²) >= 11 is 11.7. The molecule has 3 nitrogen and oxygen atoms in total. The summed E-state index contributed by atoms with van der Waals surface area (Å²) in [6, 6.07) is 9.14. The van der Waals surface area contributed by atoms with Crippen LogP contribution in [0.2, 0.25) is 10.2 Å². The molecule has 0 saturated heterocycles. The third kappa shape index (κ3) is 4.99. The summed E-state index contributed by atoms with van der Waals surface area (Å²) < 4.78 is 17.8. The van der Waals surface area contributed by atoms with Gasteiger partial charge in [0.15, 0.2) is 0 Å². The molecule has 0 aliphatic carbocycles. The highest BCUT2D eigenvalue weighted by Crippen LogP contribution is 2.17. The van der Waals surface area contributed by atoms with E-state index in [0.29, 0.717) is 17.1 Å². The van der Waals surface area contributed by atoms with Crippen LogP contribution >= 0.6 is 23.2 Å².